The van der Waals surface area contributed by atoms with Crippen molar-refractivity contribution in [3.63, 3.8) is 0 Å². The molecule has 2 N–H and O–H groups in total. The van der Waals surface area contributed by atoms with Gasteiger partial charge in [0.05, 0.1) is 6.33 Å². The standard InChI is InChI=1S/C13H23N3O2/c1-11(2)12(5-9-17)15-13(18)4-3-7-16-8-6-14-10-16/h6,8,10-12,17H,3-5,7,9H2,1-2H3,(H,15,18). The smallest absolute Gasteiger partial charge is 0.220 e. The molecule has 1 amide bonds. The van der Waals surface area contributed by atoms with Gasteiger partial charge in [-0.2, -0.15) is 0 Å². The van der Waals surface area contributed by atoms with Crippen LogP contribution in [0.3, 0.4) is 0 Å². The molecule has 0 spiro atoms. The van der Waals surface area contributed by atoms with Crippen LogP contribution < -0.4 is 5.32 Å². The van der Waals surface area contributed by atoms with Crippen molar-refractivity contribution in [3.8, 4) is 0 Å². The second-order valence-electron chi connectivity index (χ2n) is 4.83. The molecule has 5 heteroatoms. The normalized spacial score (nSPS) is 12.7. The van der Waals surface area contributed by atoms with Crippen molar-refractivity contribution < 1.29 is 9.90 Å². The van der Waals surface area contributed by atoms with Crippen molar-refractivity contribution in [2.24, 2.45) is 5.92 Å². The zero-order valence-electron chi connectivity index (χ0n) is 11.2. The van der Waals surface area contributed by atoms with Crippen LogP contribution in [0.25, 0.3) is 0 Å². The topological polar surface area (TPSA) is 67.2 Å². The zero-order chi connectivity index (χ0) is 13.4. The molecule has 1 unspecified atom stereocenters. The van der Waals surface area contributed by atoms with Crippen LogP contribution in [0.15, 0.2) is 18.7 Å². The lowest BCUT2D eigenvalue weighted by molar-refractivity contribution is -0.122. The molecule has 0 fully saturated rings. The van der Waals surface area contributed by atoms with E-state index in [-0.39, 0.29) is 18.6 Å². The van der Waals surface area contributed by atoms with E-state index in [9.17, 15) is 4.79 Å². The highest BCUT2D eigenvalue weighted by Gasteiger charge is 2.15. The molecule has 1 atom stereocenters. The molecule has 0 aliphatic carbocycles. The van der Waals surface area contributed by atoms with E-state index < -0.39 is 0 Å². The summed E-state index contributed by atoms with van der Waals surface area (Å²) in [6, 6.07) is 0.0655. The van der Waals surface area contributed by atoms with Crippen molar-refractivity contribution in [2.75, 3.05) is 6.61 Å². The highest BCUT2D eigenvalue weighted by molar-refractivity contribution is 5.76. The number of carbonyl (C=O) groups excluding carboxylic acids is 1. The van der Waals surface area contributed by atoms with Gasteiger partial charge in [0.15, 0.2) is 0 Å². The highest BCUT2D eigenvalue weighted by atomic mass is 16.3. The third-order valence-corrected chi connectivity index (χ3v) is 2.97. The van der Waals surface area contributed by atoms with Gasteiger partial charge in [0.25, 0.3) is 0 Å². The number of hydrogen-bond acceptors (Lipinski definition) is 3. The quantitative estimate of drug-likeness (QED) is 0.731. The van der Waals surface area contributed by atoms with Crippen LogP contribution >= 0.6 is 0 Å². The number of aliphatic hydroxyl groups excluding tert-OH is 1. The Balaban J connectivity index is 2.23. The summed E-state index contributed by atoms with van der Waals surface area (Å²) in [6.45, 7) is 5.01. The van der Waals surface area contributed by atoms with Crippen molar-refractivity contribution in [1.29, 1.82) is 0 Å². The fraction of sp³-hybridized carbons (Fsp3) is 0.692. The van der Waals surface area contributed by atoms with Gasteiger partial charge in [-0.15, -0.1) is 0 Å². The van der Waals surface area contributed by atoms with Gasteiger partial charge >= 0.3 is 0 Å². The molecule has 0 radical (unpaired) electrons. The average molecular weight is 253 g/mol. The number of hydrogen-bond donors (Lipinski definition) is 2. The van der Waals surface area contributed by atoms with E-state index in [1.165, 1.54) is 0 Å². The molecular formula is C13H23N3O2. The summed E-state index contributed by atoms with van der Waals surface area (Å²) >= 11 is 0. The number of aromatic nitrogens is 2. The Morgan fingerprint density at radius 3 is 2.83 bits per heavy atom. The van der Waals surface area contributed by atoms with E-state index in [4.69, 9.17) is 5.11 Å². The van der Waals surface area contributed by atoms with Gasteiger partial charge in [0.2, 0.25) is 5.91 Å². The molecule has 0 aliphatic rings. The Morgan fingerprint density at radius 1 is 1.50 bits per heavy atom. The maximum atomic E-state index is 11.7. The van der Waals surface area contributed by atoms with Crippen LogP contribution in [0, 0.1) is 5.92 Å². The van der Waals surface area contributed by atoms with Gasteiger partial charge in [-0.25, -0.2) is 4.98 Å². The first-order chi connectivity index (χ1) is 8.63. The van der Waals surface area contributed by atoms with E-state index in [0.29, 0.717) is 18.8 Å². The lowest BCUT2D eigenvalue weighted by atomic mass is 10.0. The summed E-state index contributed by atoms with van der Waals surface area (Å²) in [5, 5.41) is 11.9. The van der Waals surface area contributed by atoms with Gasteiger partial charge < -0.3 is 15.0 Å². The zero-order valence-corrected chi connectivity index (χ0v) is 11.2. The first-order valence-corrected chi connectivity index (χ1v) is 6.49. The van der Waals surface area contributed by atoms with E-state index in [1.807, 2.05) is 24.6 Å². The first kappa shape index (κ1) is 14.7. The van der Waals surface area contributed by atoms with Crippen LogP contribution in [0.1, 0.15) is 33.1 Å². The highest BCUT2D eigenvalue weighted by Crippen LogP contribution is 2.06. The van der Waals surface area contributed by atoms with Crippen LogP contribution in [-0.2, 0) is 11.3 Å². The first-order valence-electron chi connectivity index (χ1n) is 6.49. The minimum Gasteiger partial charge on any atom is -0.396 e. The Hall–Kier alpha value is -1.36. The molecule has 0 aromatic carbocycles. The van der Waals surface area contributed by atoms with E-state index in [2.05, 4.69) is 10.3 Å². The summed E-state index contributed by atoms with van der Waals surface area (Å²) < 4.78 is 1.96. The molecule has 1 aromatic rings. The molecule has 102 valence electrons. The molecule has 5 nitrogen and oxygen atoms in total. The number of nitrogens with one attached hydrogen (secondary N) is 1. The maximum absolute atomic E-state index is 11.7. The number of rotatable bonds is 8. The van der Waals surface area contributed by atoms with E-state index in [0.717, 1.165) is 13.0 Å². The van der Waals surface area contributed by atoms with Crippen molar-refractivity contribution in [1.82, 2.24) is 14.9 Å². The third-order valence-electron chi connectivity index (χ3n) is 2.97. The minimum atomic E-state index is 0.0577. The number of carbonyl (C=O) groups is 1. The summed E-state index contributed by atoms with van der Waals surface area (Å²) in [5.41, 5.74) is 0. The van der Waals surface area contributed by atoms with Crippen LogP contribution in [0.4, 0.5) is 0 Å². The number of amides is 1. The number of aryl methyl sites for hydroxylation is 1. The number of nitrogens with zero attached hydrogens (tertiary/aromatic N) is 2. The Labute approximate surface area is 108 Å². The molecule has 0 bridgehead atoms. The summed E-state index contributed by atoms with van der Waals surface area (Å²) in [5.74, 6) is 0.400. The Bertz CT molecular complexity index is 336. The second-order valence-corrected chi connectivity index (χ2v) is 4.83. The largest absolute Gasteiger partial charge is 0.396 e. The van der Waals surface area contributed by atoms with Gasteiger partial charge in [-0.05, 0) is 18.8 Å². The molecule has 18 heavy (non-hydrogen) atoms. The Kier molecular flexibility index (Phi) is 6.43. The van der Waals surface area contributed by atoms with Gasteiger partial charge in [-0.1, -0.05) is 13.8 Å². The van der Waals surface area contributed by atoms with Gasteiger partial charge in [0, 0.05) is 38.0 Å². The van der Waals surface area contributed by atoms with Crippen molar-refractivity contribution in [3.05, 3.63) is 18.7 Å². The van der Waals surface area contributed by atoms with Crippen LogP contribution in [-0.4, -0.2) is 33.2 Å². The fourth-order valence-electron chi connectivity index (χ4n) is 1.83. The lowest BCUT2D eigenvalue weighted by Gasteiger charge is -2.21. The SMILES string of the molecule is CC(C)C(CCO)NC(=O)CCCn1ccnc1. The molecule has 1 heterocycles. The predicted molar refractivity (Wildman–Crippen MR) is 69.9 cm³/mol. The molecule has 0 aliphatic heterocycles. The van der Waals surface area contributed by atoms with Crippen molar-refractivity contribution >= 4 is 5.91 Å². The summed E-state index contributed by atoms with van der Waals surface area (Å²) in [4.78, 5) is 15.7. The second kappa shape index (κ2) is 7.87. The molecule has 0 saturated heterocycles. The molecular weight excluding hydrogens is 230 g/mol. The monoisotopic (exact) mass is 253 g/mol. The average Bonchev–Trinajstić information content (AvgIpc) is 2.81. The van der Waals surface area contributed by atoms with Crippen LogP contribution in [0.2, 0.25) is 0 Å². The minimum absolute atomic E-state index is 0.0577. The Morgan fingerprint density at radius 2 is 2.28 bits per heavy atom. The van der Waals surface area contributed by atoms with E-state index >= 15 is 0 Å². The maximum Gasteiger partial charge on any atom is 0.220 e. The van der Waals surface area contributed by atoms with Crippen LogP contribution in [0.5, 0.6) is 0 Å². The summed E-state index contributed by atoms with van der Waals surface area (Å²) in [6.07, 6.45) is 7.29. The third kappa shape index (κ3) is 5.31. The van der Waals surface area contributed by atoms with Crippen molar-refractivity contribution in [2.45, 2.75) is 45.7 Å². The molecule has 1 aromatic heterocycles. The molecule has 1 rings (SSSR count). The predicted octanol–water partition coefficient (Wildman–Crippen LogP) is 1.19. The lowest BCUT2D eigenvalue weighted by Crippen LogP contribution is -2.39. The summed E-state index contributed by atoms with van der Waals surface area (Å²) in [7, 11) is 0. The van der Waals surface area contributed by atoms with Gasteiger partial charge in [0.1, 0.15) is 0 Å². The fourth-order valence-corrected chi connectivity index (χ4v) is 1.83. The number of aliphatic hydroxyl groups is 1. The number of imidazole rings is 1. The van der Waals surface area contributed by atoms with Gasteiger partial charge in [-0.3, -0.25) is 4.79 Å². The van der Waals surface area contributed by atoms with E-state index in [1.54, 1.807) is 12.5 Å². The molecule has 0 saturated carbocycles.